The highest BCUT2D eigenvalue weighted by molar-refractivity contribution is 6.12. The second-order valence-corrected chi connectivity index (χ2v) is 14.4. The lowest BCUT2D eigenvalue weighted by Gasteiger charge is -2.21. The molecule has 3 heterocycles. The first kappa shape index (κ1) is 29.8. The average Bonchev–Trinajstić information content (AvgIpc) is 3.83. The Bertz CT molecular complexity index is 3100. The van der Waals surface area contributed by atoms with E-state index < -0.39 is 0 Å². The van der Waals surface area contributed by atoms with Crippen LogP contribution in [0.1, 0.15) is 25.0 Å². The number of hydrogen-bond donors (Lipinski definition) is 0. The fourth-order valence-electron chi connectivity index (χ4n) is 8.49. The molecule has 0 spiro atoms. The molecule has 5 nitrogen and oxygen atoms in total. The number of para-hydroxylation sites is 3. The molecule has 0 unspecified atom stereocenters. The molecule has 11 rings (SSSR count). The Morgan fingerprint density at radius 2 is 1.11 bits per heavy atom. The van der Waals surface area contributed by atoms with Crippen LogP contribution in [0.4, 0.5) is 0 Å². The van der Waals surface area contributed by atoms with Crippen molar-refractivity contribution in [3.8, 4) is 51.0 Å². The molecule has 0 bridgehead atoms. The number of furan rings is 1. The van der Waals surface area contributed by atoms with Crippen LogP contribution in [0.2, 0.25) is 0 Å². The Labute approximate surface area is 305 Å². The second-order valence-electron chi connectivity index (χ2n) is 14.4. The molecule has 3 aromatic heterocycles. The van der Waals surface area contributed by atoms with Crippen LogP contribution in [0.25, 0.3) is 94.7 Å². The van der Waals surface area contributed by atoms with Crippen LogP contribution < -0.4 is 0 Å². The maximum absolute atomic E-state index is 6.44. The lowest BCUT2D eigenvalue weighted by Crippen LogP contribution is -2.14. The second kappa shape index (κ2) is 11.1. The lowest BCUT2D eigenvalue weighted by molar-refractivity contribution is 0.661. The van der Waals surface area contributed by atoms with Crippen LogP contribution in [0.5, 0.6) is 0 Å². The molecule has 0 aliphatic heterocycles. The zero-order valence-electron chi connectivity index (χ0n) is 29.2. The van der Waals surface area contributed by atoms with E-state index in [0.29, 0.717) is 17.5 Å². The Kier molecular flexibility index (Phi) is 6.23. The Hall–Kier alpha value is -6.85. The molecular formula is C48H32N4O. The van der Waals surface area contributed by atoms with Gasteiger partial charge in [-0.05, 0) is 64.7 Å². The molecule has 0 N–H and O–H groups in total. The largest absolute Gasteiger partial charge is 0.455 e. The topological polar surface area (TPSA) is 56.7 Å². The van der Waals surface area contributed by atoms with E-state index in [9.17, 15) is 0 Å². The molecule has 0 amide bonds. The van der Waals surface area contributed by atoms with Crippen molar-refractivity contribution < 1.29 is 4.42 Å². The van der Waals surface area contributed by atoms with Gasteiger partial charge < -0.3 is 8.98 Å². The van der Waals surface area contributed by atoms with E-state index in [4.69, 9.17) is 19.4 Å². The Morgan fingerprint density at radius 1 is 0.453 bits per heavy atom. The van der Waals surface area contributed by atoms with E-state index in [0.717, 1.165) is 49.8 Å². The minimum Gasteiger partial charge on any atom is -0.455 e. The first-order valence-corrected chi connectivity index (χ1v) is 18.0. The molecule has 250 valence electrons. The predicted molar refractivity (Wildman–Crippen MR) is 215 cm³/mol. The zero-order chi connectivity index (χ0) is 35.3. The number of rotatable bonds is 4. The number of nitrogens with zero attached hydrogens (tertiary/aromatic N) is 4. The van der Waals surface area contributed by atoms with Crippen molar-refractivity contribution in [1.82, 2.24) is 19.5 Å². The molecule has 7 aromatic carbocycles. The summed E-state index contributed by atoms with van der Waals surface area (Å²) in [6.45, 7) is 4.68. The predicted octanol–water partition coefficient (Wildman–Crippen LogP) is 12.2. The third-order valence-corrected chi connectivity index (χ3v) is 11.1. The monoisotopic (exact) mass is 680 g/mol. The fourth-order valence-corrected chi connectivity index (χ4v) is 8.49. The molecule has 0 atom stereocenters. The summed E-state index contributed by atoms with van der Waals surface area (Å²) in [5.74, 6) is 1.77. The van der Waals surface area contributed by atoms with Gasteiger partial charge in [-0.15, -0.1) is 0 Å². The van der Waals surface area contributed by atoms with Gasteiger partial charge in [-0.25, -0.2) is 15.0 Å². The molecule has 1 aliphatic carbocycles. The Balaban J connectivity index is 1.13. The molecule has 0 radical (unpaired) electrons. The molecule has 10 aromatic rings. The van der Waals surface area contributed by atoms with E-state index in [2.05, 4.69) is 115 Å². The van der Waals surface area contributed by atoms with Crippen molar-refractivity contribution in [2.45, 2.75) is 19.3 Å². The summed E-state index contributed by atoms with van der Waals surface area (Å²) >= 11 is 0. The quantitative estimate of drug-likeness (QED) is 0.186. The minimum atomic E-state index is -0.0806. The number of benzene rings is 7. The minimum absolute atomic E-state index is 0.0806. The van der Waals surface area contributed by atoms with Crippen molar-refractivity contribution in [1.29, 1.82) is 0 Å². The van der Waals surface area contributed by atoms with E-state index in [1.807, 2.05) is 60.7 Å². The first-order valence-electron chi connectivity index (χ1n) is 18.0. The highest BCUT2D eigenvalue weighted by atomic mass is 16.3. The Morgan fingerprint density at radius 3 is 2.00 bits per heavy atom. The lowest BCUT2D eigenvalue weighted by atomic mass is 9.82. The van der Waals surface area contributed by atoms with Gasteiger partial charge in [-0.2, -0.15) is 0 Å². The molecule has 5 heteroatoms. The summed E-state index contributed by atoms with van der Waals surface area (Å²) in [6.07, 6.45) is 0. The SMILES string of the molecule is CC1(C)c2ccccc2-c2cc3c(cc21)c1ccccc1n3-c1cccc(-c2nc(-c3ccccc3)nc(-c3cccc4c3oc3ccccc34)n2)c1. The summed E-state index contributed by atoms with van der Waals surface area (Å²) in [7, 11) is 0. The van der Waals surface area contributed by atoms with Crippen molar-refractivity contribution in [3.63, 3.8) is 0 Å². The van der Waals surface area contributed by atoms with Crippen LogP contribution in [0.3, 0.4) is 0 Å². The number of aromatic nitrogens is 4. The van der Waals surface area contributed by atoms with Crippen molar-refractivity contribution in [2.24, 2.45) is 0 Å². The van der Waals surface area contributed by atoms with Crippen molar-refractivity contribution in [2.75, 3.05) is 0 Å². The van der Waals surface area contributed by atoms with E-state index >= 15 is 0 Å². The van der Waals surface area contributed by atoms with Crippen LogP contribution in [0, 0.1) is 0 Å². The van der Waals surface area contributed by atoms with Gasteiger partial charge in [0.25, 0.3) is 0 Å². The molecule has 53 heavy (non-hydrogen) atoms. The standard InChI is InChI=1S/C48H32N4O/c1-48(2)39-23-9-6-18-32(39)37-28-42-38(27-40(37)48)33-19-7-10-24-41(33)52(42)31-17-12-16-30(26-31)46-49-45(29-14-4-3-5-15-29)50-47(51-46)36-22-13-21-35-34-20-8-11-25-43(34)53-44(35)36/h3-28H,1-2H3. The van der Waals surface area contributed by atoms with Gasteiger partial charge in [0.2, 0.25) is 0 Å². The smallest absolute Gasteiger partial charge is 0.167 e. The average molecular weight is 681 g/mol. The number of hydrogen-bond acceptors (Lipinski definition) is 4. The maximum Gasteiger partial charge on any atom is 0.167 e. The number of fused-ring (bicyclic) bond motifs is 9. The fraction of sp³-hybridized carbons (Fsp3) is 0.0625. The summed E-state index contributed by atoms with van der Waals surface area (Å²) in [5, 5.41) is 4.58. The van der Waals surface area contributed by atoms with Gasteiger partial charge in [0.1, 0.15) is 11.2 Å². The van der Waals surface area contributed by atoms with Crippen LogP contribution >= 0.6 is 0 Å². The maximum atomic E-state index is 6.44. The highest BCUT2D eigenvalue weighted by Crippen LogP contribution is 2.51. The van der Waals surface area contributed by atoms with Crippen LogP contribution in [-0.4, -0.2) is 19.5 Å². The summed E-state index contributed by atoms with van der Waals surface area (Å²) in [4.78, 5) is 15.3. The van der Waals surface area contributed by atoms with Gasteiger partial charge in [-0.1, -0.05) is 129 Å². The third-order valence-electron chi connectivity index (χ3n) is 11.1. The molecular weight excluding hydrogens is 649 g/mol. The van der Waals surface area contributed by atoms with Crippen LogP contribution in [0.15, 0.2) is 162 Å². The van der Waals surface area contributed by atoms with Gasteiger partial charge in [0.15, 0.2) is 17.5 Å². The zero-order valence-corrected chi connectivity index (χ0v) is 29.2. The molecule has 1 aliphatic rings. The van der Waals surface area contributed by atoms with E-state index in [1.54, 1.807) is 0 Å². The summed E-state index contributed by atoms with van der Waals surface area (Å²) in [5.41, 5.74) is 12.9. The normalized spacial score (nSPS) is 13.2. The van der Waals surface area contributed by atoms with Crippen molar-refractivity contribution in [3.05, 3.63) is 169 Å². The van der Waals surface area contributed by atoms with E-state index in [-0.39, 0.29) is 5.41 Å². The summed E-state index contributed by atoms with van der Waals surface area (Å²) in [6, 6.07) is 55.3. The molecule has 0 saturated heterocycles. The third kappa shape index (κ3) is 4.40. The van der Waals surface area contributed by atoms with Gasteiger partial charge in [0.05, 0.1) is 16.6 Å². The molecule has 0 saturated carbocycles. The first-order chi connectivity index (χ1) is 26.0. The van der Waals surface area contributed by atoms with Gasteiger partial charge in [-0.3, -0.25) is 0 Å². The van der Waals surface area contributed by atoms with Gasteiger partial charge >= 0.3 is 0 Å². The van der Waals surface area contributed by atoms with Crippen LogP contribution in [-0.2, 0) is 5.41 Å². The van der Waals surface area contributed by atoms with E-state index in [1.165, 1.54) is 38.5 Å². The van der Waals surface area contributed by atoms with Gasteiger partial charge in [0, 0.05) is 43.8 Å². The molecule has 0 fully saturated rings. The van der Waals surface area contributed by atoms with Crippen molar-refractivity contribution >= 4 is 43.7 Å². The summed E-state index contributed by atoms with van der Waals surface area (Å²) < 4.78 is 8.83. The highest BCUT2D eigenvalue weighted by Gasteiger charge is 2.36.